The molecule has 1 heterocycles. The van der Waals surface area contributed by atoms with Crippen LogP contribution in [-0.4, -0.2) is 0 Å². The Morgan fingerprint density at radius 1 is 0.317 bits per heavy atom. The fourth-order valence-electron chi connectivity index (χ4n) is 10.1. The van der Waals surface area contributed by atoms with Gasteiger partial charge in [-0.25, -0.2) is 0 Å². The van der Waals surface area contributed by atoms with Crippen LogP contribution in [0.25, 0.3) is 66.4 Å². The summed E-state index contributed by atoms with van der Waals surface area (Å²) in [4.78, 5) is 2.45. The van der Waals surface area contributed by atoms with E-state index in [1.165, 1.54) is 55.6 Å². The van der Waals surface area contributed by atoms with Crippen molar-refractivity contribution in [3.05, 3.63) is 271 Å². The monoisotopic (exact) mass is 803 g/mol. The molecule has 11 aromatic rings. The predicted molar refractivity (Wildman–Crippen MR) is 262 cm³/mol. The van der Waals surface area contributed by atoms with Crippen LogP contribution in [0, 0.1) is 0 Å². The minimum atomic E-state index is -0.518. The zero-order valence-electron chi connectivity index (χ0n) is 34.5. The maximum atomic E-state index is 6.37. The predicted octanol–water partition coefficient (Wildman–Crippen LogP) is 16.4. The summed E-state index contributed by atoms with van der Waals surface area (Å²) in [6, 6.07) is 90.3. The molecule has 2 heteroatoms. The molecule has 2 nitrogen and oxygen atoms in total. The molecule has 0 saturated heterocycles. The van der Waals surface area contributed by atoms with E-state index in [4.69, 9.17) is 4.42 Å². The van der Waals surface area contributed by atoms with Gasteiger partial charge in [-0.05, 0) is 110 Å². The Morgan fingerprint density at radius 3 is 1.54 bits per heavy atom. The zero-order chi connectivity index (χ0) is 41.7. The van der Waals surface area contributed by atoms with Crippen LogP contribution in [-0.2, 0) is 5.41 Å². The van der Waals surface area contributed by atoms with Gasteiger partial charge in [0.2, 0.25) is 0 Å². The smallest absolute Gasteiger partial charge is 0.136 e. The largest absolute Gasteiger partial charge is 0.456 e. The Kier molecular flexibility index (Phi) is 8.76. The molecule has 0 aliphatic heterocycles. The van der Waals surface area contributed by atoms with Crippen LogP contribution in [0.1, 0.15) is 22.3 Å². The molecule has 0 unspecified atom stereocenters. The van der Waals surface area contributed by atoms with Crippen molar-refractivity contribution in [1.29, 1.82) is 0 Å². The van der Waals surface area contributed by atoms with Crippen molar-refractivity contribution in [3.63, 3.8) is 0 Å². The number of anilines is 3. The Bertz CT molecular complexity index is 3380. The average molecular weight is 804 g/mol. The quantitative estimate of drug-likeness (QED) is 0.152. The van der Waals surface area contributed by atoms with Crippen LogP contribution < -0.4 is 4.90 Å². The van der Waals surface area contributed by atoms with Gasteiger partial charge in [-0.15, -0.1) is 0 Å². The Morgan fingerprint density at radius 2 is 0.825 bits per heavy atom. The molecule has 0 spiro atoms. The Hall–Kier alpha value is -8.20. The SMILES string of the molecule is c1ccc(-c2ccc(-c3ccc(N(c4cccc(-c5ccc6c(c5)oc5ccccc56)c4)c4cccc5c4-c4ccccc4C5(c4ccccc4)c4ccccc4)cc3)cc2)cc1. The van der Waals surface area contributed by atoms with Gasteiger partial charge in [0.15, 0.2) is 0 Å². The van der Waals surface area contributed by atoms with Crippen molar-refractivity contribution in [2.45, 2.75) is 5.41 Å². The first-order valence-corrected chi connectivity index (χ1v) is 21.7. The molecule has 296 valence electrons. The van der Waals surface area contributed by atoms with E-state index in [0.717, 1.165) is 50.1 Å². The summed E-state index contributed by atoms with van der Waals surface area (Å²) in [6.45, 7) is 0. The second kappa shape index (κ2) is 15.1. The van der Waals surface area contributed by atoms with Gasteiger partial charge in [0.1, 0.15) is 11.2 Å². The van der Waals surface area contributed by atoms with Gasteiger partial charge in [0.05, 0.1) is 11.1 Å². The molecule has 63 heavy (non-hydrogen) atoms. The molecule has 1 aliphatic carbocycles. The maximum Gasteiger partial charge on any atom is 0.136 e. The van der Waals surface area contributed by atoms with E-state index >= 15 is 0 Å². The highest BCUT2D eigenvalue weighted by Crippen LogP contribution is 2.59. The van der Waals surface area contributed by atoms with Crippen molar-refractivity contribution in [3.8, 4) is 44.5 Å². The second-order valence-electron chi connectivity index (χ2n) is 16.4. The van der Waals surface area contributed by atoms with Crippen LogP contribution in [0.5, 0.6) is 0 Å². The molecule has 12 rings (SSSR count). The summed E-state index contributed by atoms with van der Waals surface area (Å²) in [5.41, 5.74) is 19.1. The highest BCUT2D eigenvalue weighted by molar-refractivity contribution is 6.06. The van der Waals surface area contributed by atoms with Gasteiger partial charge in [-0.1, -0.05) is 200 Å². The van der Waals surface area contributed by atoms with E-state index in [0.29, 0.717) is 0 Å². The van der Waals surface area contributed by atoms with Crippen LogP contribution >= 0.6 is 0 Å². The van der Waals surface area contributed by atoms with Crippen molar-refractivity contribution in [2.75, 3.05) is 4.90 Å². The lowest BCUT2D eigenvalue weighted by Gasteiger charge is -2.34. The molecular weight excluding hydrogens is 763 g/mol. The van der Waals surface area contributed by atoms with Gasteiger partial charge in [-0.2, -0.15) is 0 Å². The normalized spacial score (nSPS) is 12.6. The minimum absolute atomic E-state index is 0.518. The van der Waals surface area contributed by atoms with E-state index in [-0.39, 0.29) is 0 Å². The molecule has 0 fully saturated rings. The van der Waals surface area contributed by atoms with Gasteiger partial charge >= 0.3 is 0 Å². The summed E-state index contributed by atoms with van der Waals surface area (Å²) in [5, 5.41) is 2.26. The molecule has 1 aromatic heterocycles. The van der Waals surface area contributed by atoms with Crippen LogP contribution in [0.2, 0.25) is 0 Å². The summed E-state index contributed by atoms with van der Waals surface area (Å²) in [7, 11) is 0. The number of fused-ring (bicyclic) bond motifs is 6. The Balaban J connectivity index is 1.05. The van der Waals surface area contributed by atoms with Gasteiger partial charge in [0, 0.05) is 27.7 Å². The molecular formula is C61H41NO. The van der Waals surface area contributed by atoms with Crippen LogP contribution in [0.15, 0.2) is 253 Å². The lowest BCUT2D eigenvalue weighted by atomic mass is 9.68. The van der Waals surface area contributed by atoms with Crippen LogP contribution in [0.4, 0.5) is 17.1 Å². The third kappa shape index (κ3) is 6.02. The number of benzene rings is 10. The van der Waals surface area contributed by atoms with E-state index < -0.39 is 5.41 Å². The first-order chi connectivity index (χ1) is 31.2. The standard InChI is InChI=1S/C61H41NO/c1-4-16-42(17-5-1)43-30-32-44(33-31-43)45-34-37-50(38-35-45)62(51-23-14-18-46(40-51)47-36-39-53-52-24-11-13-29-58(52)63-59(53)41-47)57-28-15-27-56-60(57)54-25-10-12-26-55(54)61(56,48-19-6-2-7-20-48)49-21-8-3-9-22-49/h1-41H. The van der Waals surface area contributed by atoms with Gasteiger partial charge in [-0.3, -0.25) is 0 Å². The summed E-state index contributed by atoms with van der Waals surface area (Å²) in [5.74, 6) is 0. The number of nitrogens with zero attached hydrogens (tertiary/aromatic N) is 1. The van der Waals surface area contributed by atoms with E-state index in [2.05, 4.69) is 241 Å². The second-order valence-corrected chi connectivity index (χ2v) is 16.4. The zero-order valence-corrected chi connectivity index (χ0v) is 34.5. The highest BCUT2D eigenvalue weighted by atomic mass is 16.3. The van der Waals surface area contributed by atoms with Crippen molar-refractivity contribution >= 4 is 39.0 Å². The number of rotatable bonds is 8. The first kappa shape index (κ1) is 36.6. The molecule has 0 amide bonds. The minimum Gasteiger partial charge on any atom is -0.456 e. The fraction of sp³-hybridized carbons (Fsp3) is 0.0164. The number of hydrogen-bond donors (Lipinski definition) is 0. The third-order valence-corrected chi connectivity index (χ3v) is 13.0. The lowest BCUT2D eigenvalue weighted by molar-refractivity contribution is 0.669. The average Bonchev–Trinajstić information content (AvgIpc) is 3.89. The highest BCUT2D eigenvalue weighted by Gasteiger charge is 2.47. The molecule has 10 aromatic carbocycles. The summed E-state index contributed by atoms with van der Waals surface area (Å²) < 4.78 is 6.37. The molecule has 0 radical (unpaired) electrons. The lowest BCUT2D eigenvalue weighted by Crippen LogP contribution is -2.28. The molecule has 1 aliphatic rings. The molecule has 0 saturated carbocycles. The van der Waals surface area contributed by atoms with Crippen LogP contribution in [0.3, 0.4) is 0 Å². The molecule has 0 N–H and O–H groups in total. The fourth-order valence-corrected chi connectivity index (χ4v) is 10.1. The van der Waals surface area contributed by atoms with Gasteiger partial charge < -0.3 is 9.32 Å². The number of furan rings is 1. The number of hydrogen-bond acceptors (Lipinski definition) is 2. The van der Waals surface area contributed by atoms with E-state index in [1.807, 2.05) is 12.1 Å². The first-order valence-electron chi connectivity index (χ1n) is 21.7. The molecule has 0 atom stereocenters. The maximum absolute atomic E-state index is 6.37. The molecule has 0 bridgehead atoms. The van der Waals surface area contributed by atoms with Crippen molar-refractivity contribution in [2.24, 2.45) is 0 Å². The van der Waals surface area contributed by atoms with Crippen molar-refractivity contribution in [1.82, 2.24) is 0 Å². The van der Waals surface area contributed by atoms with Crippen molar-refractivity contribution < 1.29 is 4.42 Å². The summed E-state index contributed by atoms with van der Waals surface area (Å²) >= 11 is 0. The van der Waals surface area contributed by atoms with E-state index in [1.54, 1.807) is 0 Å². The topological polar surface area (TPSA) is 16.4 Å². The van der Waals surface area contributed by atoms with E-state index in [9.17, 15) is 0 Å². The summed E-state index contributed by atoms with van der Waals surface area (Å²) in [6.07, 6.45) is 0. The number of para-hydroxylation sites is 1. The third-order valence-electron chi connectivity index (χ3n) is 13.0. The Labute approximate surface area is 367 Å². The van der Waals surface area contributed by atoms with Gasteiger partial charge in [0.25, 0.3) is 0 Å².